The molecular formula is C11H13NO2. The first kappa shape index (κ1) is 9.21. The fourth-order valence-electron chi connectivity index (χ4n) is 1.66. The third kappa shape index (κ3) is 1.77. The Morgan fingerprint density at radius 2 is 2.29 bits per heavy atom. The molecule has 0 aromatic rings. The van der Waals surface area contributed by atoms with Gasteiger partial charge in [0.15, 0.2) is 0 Å². The van der Waals surface area contributed by atoms with Gasteiger partial charge in [0.25, 0.3) is 0 Å². The minimum atomic E-state index is -0.316. The predicted octanol–water partition coefficient (Wildman–Crippen LogP) is 1.07. The minimum absolute atomic E-state index is 0.292. The quantitative estimate of drug-likeness (QED) is 0.583. The van der Waals surface area contributed by atoms with E-state index in [0.717, 1.165) is 17.6 Å². The highest BCUT2D eigenvalue weighted by atomic mass is 16.5. The van der Waals surface area contributed by atoms with Gasteiger partial charge in [0.05, 0.1) is 0 Å². The van der Waals surface area contributed by atoms with Crippen LogP contribution < -0.4 is 5.73 Å². The van der Waals surface area contributed by atoms with Crippen LogP contribution in [0.15, 0.2) is 35.5 Å². The molecule has 1 aliphatic heterocycles. The molecule has 2 rings (SSSR count). The number of cyclic esters (lactones) is 1. The molecule has 0 amide bonds. The van der Waals surface area contributed by atoms with Crippen molar-refractivity contribution in [1.29, 1.82) is 0 Å². The van der Waals surface area contributed by atoms with Gasteiger partial charge in [-0.3, -0.25) is 0 Å². The van der Waals surface area contributed by atoms with Crippen LogP contribution in [0, 0.1) is 0 Å². The van der Waals surface area contributed by atoms with Crippen molar-refractivity contribution in [2.24, 2.45) is 5.73 Å². The van der Waals surface area contributed by atoms with Crippen molar-refractivity contribution in [2.45, 2.75) is 18.9 Å². The number of rotatable bonds is 0. The maximum absolute atomic E-state index is 11.0. The summed E-state index contributed by atoms with van der Waals surface area (Å²) in [6.07, 6.45) is 8.06. The summed E-state index contributed by atoms with van der Waals surface area (Å²) in [5, 5.41) is 0. The second kappa shape index (κ2) is 3.10. The second-order valence-electron chi connectivity index (χ2n) is 3.98. The topological polar surface area (TPSA) is 52.3 Å². The summed E-state index contributed by atoms with van der Waals surface area (Å²) in [6.45, 7) is 2.29. The Labute approximate surface area is 82.9 Å². The Morgan fingerprint density at radius 3 is 3.07 bits per heavy atom. The Hall–Kier alpha value is -1.35. The van der Waals surface area contributed by atoms with E-state index in [-0.39, 0.29) is 11.5 Å². The Morgan fingerprint density at radius 1 is 1.50 bits per heavy atom. The average Bonchev–Trinajstić information content (AvgIpc) is 2.27. The van der Waals surface area contributed by atoms with Crippen LogP contribution in [-0.4, -0.2) is 18.1 Å². The first-order valence-electron chi connectivity index (χ1n) is 4.63. The van der Waals surface area contributed by atoms with Crippen molar-refractivity contribution in [3.63, 3.8) is 0 Å². The first-order chi connectivity index (χ1) is 6.57. The van der Waals surface area contributed by atoms with Crippen molar-refractivity contribution in [2.75, 3.05) is 6.61 Å². The number of carbonyl (C=O) groups is 1. The standard InChI is InChI=1S/C11H13NO2/c1-11(12)5-4-8-2-3-10(13)14-7-9(8)6-11/h2-4,6H,5,7,12H2,1H3. The normalized spacial score (nSPS) is 31.1. The summed E-state index contributed by atoms with van der Waals surface area (Å²) in [4.78, 5) is 11.0. The summed E-state index contributed by atoms with van der Waals surface area (Å²) >= 11 is 0. The smallest absolute Gasteiger partial charge is 0.331 e. The molecule has 0 spiro atoms. The number of ether oxygens (including phenoxy) is 1. The molecule has 1 unspecified atom stereocenters. The highest BCUT2D eigenvalue weighted by Gasteiger charge is 2.22. The van der Waals surface area contributed by atoms with Gasteiger partial charge < -0.3 is 10.5 Å². The van der Waals surface area contributed by atoms with Crippen LogP contribution in [0.1, 0.15) is 13.3 Å². The van der Waals surface area contributed by atoms with Crippen LogP contribution in [0.4, 0.5) is 0 Å². The van der Waals surface area contributed by atoms with E-state index in [2.05, 4.69) is 0 Å². The first-order valence-corrected chi connectivity index (χ1v) is 4.63. The molecule has 3 heteroatoms. The minimum Gasteiger partial charge on any atom is -0.458 e. The Bertz CT molecular complexity index is 361. The van der Waals surface area contributed by atoms with Gasteiger partial charge in [-0.1, -0.05) is 12.2 Å². The number of fused-ring (bicyclic) bond motifs is 1. The van der Waals surface area contributed by atoms with Crippen molar-refractivity contribution in [3.05, 3.63) is 35.5 Å². The van der Waals surface area contributed by atoms with Gasteiger partial charge in [-0.25, -0.2) is 4.79 Å². The maximum atomic E-state index is 11.0. The largest absolute Gasteiger partial charge is 0.458 e. The Balaban J connectivity index is 2.33. The molecule has 0 aromatic heterocycles. The third-order valence-electron chi connectivity index (χ3n) is 2.41. The highest BCUT2D eigenvalue weighted by molar-refractivity contribution is 5.84. The van der Waals surface area contributed by atoms with Crippen LogP contribution in [-0.2, 0) is 9.53 Å². The van der Waals surface area contributed by atoms with Gasteiger partial charge in [0, 0.05) is 11.6 Å². The van der Waals surface area contributed by atoms with E-state index in [4.69, 9.17) is 10.5 Å². The highest BCUT2D eigenvalue weighted by Crippen LogP contribution is 2.26. The number of allylic oxidation sites excluding steroid dienone is 1. The van der Waals surface area contributed by atoms with Crippen LogP contribution in [0.3, 0.4) is 0 Å². The van der Waals surface area contributed by atoms with Gasteiger partial charge >= 0.3 is 5.97 Å². The van der Waals surface area contributed by atoms with Crippen LogP contribution in [0.2, 0.25) is 0 Å². The summed E-state index contributed by atoms with van der Waals surface area (Å²) in [5.41, 5.74) is 7.73. The van der Waals surface area contributed by atoms with Gasteiger partial charge in [-0.05, 0) is 30.6 Å². The van der Waals surface area contributed by atoms with Crippen LogP contribution in [0.5, 0.6) is 0 Å². The molecule has 0 radical (unpaired) electrons. The van der Waals surface area contributed by atoms with Gasteiger partial charge in [0.2, 0.25) is 0 Å². The molecule has 0 fully saturated rings. The number of carbonyl (C=O) groups excluding carboxylic acids is 1. The van der Waals surface area contributed by atoms with E-state index in [1.54, 1.807) is 6.08 Å². The van der Waals surface area contributed by atoms with Crippen molar-refractivity contribution in [3.8, 4) is 0 Å². The SMILES string of the molecule is CC1(N)C=C2COC(=O)C=CC2=CC1. The maximum Gasteiger partial charge on any atom is 0.331 e. The molecule has 1 aliphatic carbocycles. The number of nitrogens with two attached hydrogens (primary N) is 1. The average molecular weight is 191 g/mol. The van der Waals surface area contributed by atoms with E-state index in [1.807, 2.05) is 19.1 Å². The summed E-state index contributed by atoms with van der Waals surface area (Å²) in [6, 6.07) is 0. The zero-order valence-corrected chi connectivity index (χ0v) is 8.12. The van der Waals surface area contributed by atoms with Gasteiger partial charge in [-0.2, -0.15) is 0 Å². The predicted molar refractivity (Wildman–Crippen MR) is 53.5 cm³/mol. The van der Waals surface area contributed by atoms with Crippen molar-refractivity contribution in [1.82, 2.24) is 0 Å². The van der Waals surface area contributed by atoms with E-state index in [0.29, 0.717) is 6.61 Å². The van der Waals surface area contributed by atoms with Gasteiger partial charge in [0.1, 0.15) is 6.61 Å². The molecule has 3 nitrogen and oxygen atoms in total. The zero-order chi connectivity index (χ0) is 10.2. The monoisotopic (exact) mass is 191 g/mol. The molecule has 0 aromatic carbocycles. The van der Waals surface area contributed by atoms with Gasteiger partial charge in [-0.15, -0.1) is 0 Å². The second-order valence-corrected chi connectivity index (χ2v) is 3.98. The molecule has 74 valence electrons. The van der Waals surface area contributed by atoms with Crippen molar-refractivity contribution >= 4 is 5.97 Å². The summed E-state index contributed by atoms with van der Waals surface area (Å²) in [5.74, 6) is -0.292. The summed E-state index contributed by atoms with van der Waals surface area (Å²) < 4.78 is 4.98. The molecule has 0 saturated carbocycles. The zero-order valence-electron chi connectivity index (χ0n) is 8.12. The van der Waals surface area contributed by atoms with E-state index in [9.17, 15) is 4.79 Å². The lowest BCUT2D eigenvalue weighted by Gasteiger charge is -2.25. The van der Waals surface area contributed by atoms with Crippen LogP contribution in [0.25, 0.3) is 0 Å². The van der Waals surface area contributed by atoms with E-state index < -0.39 is 0 Å². The number of esters is 1. The molecule has 2 N–H and O–H groups in total. The lowest BCUT2D eigenvalue weighted by atomic mass is 9.87. The molecule has 1 atom stereocenters. The molecule has 0 saturated heterocycles. The molecule has 0 bridgehead atoms. The lowest BCUT2D eigenvalue weighted by molar-refractivity contribution is -0.136. The fourth-order valence-corrected chi connectivity index (χ4v) is 1.66. The van der Waals surface area contributed by atoms with Crippen LogP contribution >= 0.6 is 0 Å². The molecular weight excluding hydrogens is 178 g/mol. The summed E-state index contributed by atoms with van der Waals surface area (Å²) in [7, 11) is 0. The fraction of sp³-hybridized carbons (Fsp3) is 0.364. The van der Waals surface area contributed by atoms with E-state index in [1.165, 1.54) is 6.08 Å². The van der Waals surface area contributed by atoms with E-state index >= 15 is 0 Å². The number of hydrogen-bond donors (Lipinski definition) is 1. The lowest BCUT2D eigenvalue weighted by Crippen LogP contribution is -2.35. The number of hydrogen-bond acceptors (Lipinski definition) is 3. The third-order valence-corrected chi connectivity index (χ3v) is 2.41. The Kier molecular flexibility index (Phi) is 2.04. The molecule has 1 heterocycles. The van der Waals surface area contributed by atoms with Crippen molar-refractivity contribution < 1.29 is 9.53 Å². The molecule has 2 aliphatic rings. The molecule has 14 heavy (non-hydrogen) atoms.